The van der Waals surface area contributed by atoms with Crippen LogP contribution in [0.4, 0.5) is 0 Å². The van der Waals surface area contributed by atoms with Gasteiger partial charge in [-0.3, -0.25) is 0 Å². The van der Waals surface area contributed by atoms with Crippen LogP contribution in [0.5, 0.6) is 0 Å². The number of hydrogen-bond donors (Lipinski definition) is 1. The van der Waals surface area contributed by atoms with Gasteiger partial charge in [-0.05, 0) is 72.0 Å². The van der Waals surface area contributed by atoms with E-state index in [4.69, 9.17) is 0 Å². The summed E-state index contributed by atoms with van der Waals surface area (Å²) in [6.45, 7) is 0. The molecule has 0 fully saturated rings. The van der Waals surface area contributed by atoms with E-state index in [1.54, 1.807) is 0 Å². The Bertz CT molecular complexity index is 768. The van der Waals surface area contributed by atoms with Crippen molar-refractivity contribution in [3.8, 4) is 0 Å². The Morgan fingerprint density at radius 1 is 0.700 bits per heavy atom. The van der Waals surface area contributed by atoms with Gasteiger partial charge in [-0.2, -0.15) is 0 Å². The summed E-state index contributed by atoms with van der Waals surface area (Å²) in [5, 5.41) is 12.9. The molecule has 20 heavy (non-hydrogen) atoms. The Labute approximate surface area is 134 Å². The van der Waals surface area contributed by atoms with Gasteiger partial charge in [0.05, 0.1) is 0 Å². The smallest absolute Gasteiger partial charge is 0.104 e. The molecule has 0 saturated carbocycles. The van der Waals surface area contributed by atoms with Crippen molar-refractivity contribution in [2.75, 3.05) is 0 Å². The molecule has 100 valence electrons. The first kappa shape index (κ1) is 13.8. The lowest BCUT2D eigenvalue weighted by Crippen LogP contribution is -1.99. The van der Waals surface area contributed by atoms with Crippen molar-refractivity contribution < 1.29 is 5.11 Å². The monoisotopic (exact) mass is 390 g/mol. The Morgan fingerprint density at radius 3 is 2.10 bits per heavy atom. The zero-order chi connectivity index (χ0) is 14.1. The fourth-order valence-electron chi connectivity index (χ4n) is 2.25. The highest BCUT2D eigenvalue weighted by atomic mass is 79.9. The van der Waals surface area contributed by atoms with Crippen molar-refractivity contribution in [2.24, 2.45) is 0 Å². The highest BCUT2D eigenvalue weighted by Crippen LogP contribution is 2.30. The van der Waals surface area contributed by atoms with Gasteiger partial charge in [0, 0.05) is 8.95 Å². The minimum Gasteiger partial charge on any atom is -0.384 e. The summed E-state index contributed by atoms with van der Waals surface area (Å²) >= 11 is 6.91. The van der Waals surface area contributed by atoms with Crippen molar-refractivity contribution in [2.45, 2.75) is 6.10 Å². The molecule has 0 aromatic heterocycles. The maximum atomic E-state index is 10.5. The number of hydrogen-bond acceptors (Lipinski definition) is 1. The van der Waals surface area contributed by atoms with E-state index in [9.17, 15) is 5.11 Å². The predicted octanol–water partition coefficient (Wildman–Crippen LogP) is 5.45. The van der Waals surface area contributed by atoms with Gasteiger partial charge >= 0.3 is 0 Å². The van der Waals surface area contributed by atoms with Crippen LogP contribution in [0.15, 0.2) is 69.6 Å². The van der Waals surface area contributed by atoms with Crippen molar-refractivity contribution >= 4 is 42.6 Å². The Kier molecular flexibility index (Phi) is 3.92. The largest absolute Gasteiger partial charge is 0.384 e. The van der Waals surface area contributed by atoms with Crippen molar-refractivity contribution in [3.63, 3.8) is 0 Å². The first-order valence-electron chi connectivity index (χ1n) is 6.27. The summed E-state index contributed by atoms with van der Waals surface area (Å²) in [4.78, 5) is 0. The SMILES string of the molecule is OC(c1ccc(Br)c(Br)c1)c1ccc2ccccc2c1. The lowest BCUT2D eigenvalue weighted by atomic mass is 9.99. The highest BCUT2D eigenvalue weighted by molar-refractivity contribution is 9.13. The van der Waals surface area contributed by atoms with Gasteiger partial charge in [0.2, 0.25) is 0 Å². The molecule has 1 atom stereocenters. The number of aliphatic hydroxyl groups excluding tert-OH is 1. The molecule has 0 saturated heterocycles. The zero-order valence-electron chi connectivity index (χ0n) is 10.6. The van der Waals surface area contributed by atoms with Crippen LogP contribution in [0.1, 0.15) is 17.2 Å². The average Bonchev–Trinajstić information content (AvgIpc) is 2.49. The van der Waals surface area contributed by atoms with E-state index < -0.39 is 6.10 Å². The van der Waals surface area contributed by atoms with Crippen molar-refractivity contribution in [3.05, 3.63) is 80.7 Å². The molecular formula is C17H12Br2O. The second-order valence-electron chi connectivity index (χ2n) is 4.68. The number of halogens is 2. The first-order valence-corrected chi connectivity index (χ1v) is 7.85. The van der Waals surface area contributed by atoms with E-state index in [-0.39, 0.29) is 0 Å². The minimum absolute atomic E-state index is 0.621. The van der Waals surface area contributed by atoms with E-state index in [0.717, 1.165) is 25.5 Å². The minimum atomic E-state index is -0.621. The van der Waals surface area contributed by atoms with Gasteiger partial charge in [-0.25, -0.2) is 0 Å². The molecule has 0 amide bonds. The third-order valence-corrected chi connectivity index (χ3v) is 5.23. The maximum absolute atomic E-state index is 10.5. The summed E-state index contributed by atoms with van der Waals surface area (Å²) in [7, 11) is 0. The Balaban J connectivity index is 2.02. The van der Waals surface area contributed by atoms with E-state index >= 15 is 0 Å². The number of aliphatic hydroxyl groups is 1. The van der Waals surface area contributed by atoms with Crippen molar-refractivity contribution in [1.29, 1.82) is 0 Å². The lowest BCUT2D eigenvalue weighted by molar-refractivity contribution is 0.220. The number of fused-ring (bicyclic) bond motifs is 1. The van der Waals surface area contributed by atoms with Gasteiger partial charge in [-0.15, -0.1) is 0 Å². The van der Waals surface area contributed by atoms with Crippen LogP contribution in [-0.4, -0.2) is 5.11 Å². The summed E-state index contributed by atoms with van der Waals surface area (Å²) in [6, 6.07) is 20.0. The van der Waals surface area contributed by atoms with Crippen LogP contribution in [0, 0.1) is 0 Å². The van der Waals surface area contributed by atoms with E-state index in [2.05, 4.69) is 44.0 Å². The molecule has 3 rings (SSSR count). The third kappa shape index (κ3) is 2.66. The third-order valence-electron chi connectivity index (χ3n) is 3.35. The molecule has 3 aromatic rings. The fourth-order valence-corrected chi connectivity index (χ4v) is 2.90. The van der Waals surface area contributed by atoms with Crippen LogP contribution in [0.2, 0.25) is 0 Å². The van der Waals surface area contributed by atoms with Crippen LogP contribution in [0.3, 0.4) is 0 Å². The second kappa shape index (κ2) is 5.68. The topological polar surface area (TPSA) is 20.2 Å². The molecule has 0 bridgehead atoms. The van der Waals surface area contributed by atoms with Gasteiger partial charge in [0.1, 0.15) is 6.10 Å². The molecule has 1 unspecified atom stereocenters. The molecule has 3 heteroatoms. The molecular weight excluding hydrogens is 380 g/mol. The molecule has 3 aromatic carbocycles. The normalized spacial score (nSPS) is 12.6. The zero-order valence-corrected chi connectivity index (χ0v) is 13.7. The summed E-state index contributed by atoms with van der Waals surface area (Å²) in [5.41, 5.74) is 1.77. The van der Waals surface area contributed by atoms with Crippen LogP contribution >= 0.6 is 31.9 Å². The Morgan fingerprint density at radius 2 is 1.35 bits per heavy atom. The quantitative estimate of drug-likeness (QED) is 0.616. The molecule has 1 N–H and O–H groups in total. The van der Waals surface area contributed by atoms with Gasteiger partial charge < -0.3 is 5.11 Å². The maximum Gasteiger partial charge on any atom is 0.104 e. The average molecular weight is 392 g/mol. The number of benzene rings is 3. The van der Waals surface area contributed by atoms with E-state index in [1.165, 1.54) is 5.39 Å². The van der Waals surface area contributed by atoms with Crippen LogP contribution < -0.4 is 0 Å². The molecule has 0 aliphatic rings. The molecule has 0 spiro atoms. The second-order valence-corrected chi connectivity index (χ2v) is 6.39. The molecule has 0 aliphatic carbocycles. The molecule has 1 nitrogen and oxygen atoms in total. The fraction of sp³-hybridized carbons (Fsp3) is 0.0588. The van der Waals surface area contributed by atoms with Crippen LogP contribution in [-0.2, 0) is 0 Å². The standard InChI is InChI=1S/C17H12Br2O/c18-15-8-7-14(10-16(15)19)17(20)13-6-5-11-3-1-2-4-12(11)9-13/h1-10,17,20H. The molecule has 0 aliphatic heterocycles. The van der Waals surface area contributed by atoms with Gasteiger partial charge in [0.25, 0.3) is 0 Å². The van der Waals surface area contributed by atoms with Gasteiger partial charge in [0.15, 0.2) is 0 Å². The Hall–Kier alpha value is -1.16. The lowest BCUT2D eigenvalue weighted by Gasteiger charge is -2.13. The van der Waals surface area contributed by atoms with E-state index in [0.29, 0.717) is 0 Å². The highest BCUT2D eigenvalue weighted by Gasteiger charge is 2.12. The summed E-state index contributed by atoms with van der Waals surface area (Å²) < 4.78 is 1.92. The van der Waals surface area contributed by atoms with E-state index in [1.807, 2.05) is 48.5 Å². The van der Waals surface area contributed by atoms with Crippen LogP contribution in [0.25, 0.3) is 10.8 Å². The first-order chi connectivity index (χ1) is 9.65. The predicted molar refractivity (Wildman–Crippen MR) is 89.9 cm³/mol. The number of rotatable bonds is 2. The summed E-state index contributed by atoms with van der Waals surface area (Å²) in [6.07, 6.45) is -0.621. The molecule has 0 radical (unpaired) electrons. The molecule has 0 heterocycles. The van der Waals surface area contributed by atoms with Crippen molar-refractivity contribution in [1.82, 2.24) is 0 Å². The summed E-state index contributed by atoms with van der Waals surface area (Å²) in [5.74, 6) is 0. The van der Waals surface area contributed by atoms with Gasteiger partial charge in [-0.1, -0.05) is 42.5 Å².